The van der Waals surface area contributed by atoms with Gasteiger partial charge in [-0.3, -0.25) is 9.59 Å². The Kier molecular flexibility index (Phi) is 3.21. The summed E-state index contributed by atoms with van der Waals surface area (Å²) in [4.78, 5) is 21.8. The van der Waals surface area contributed by atoms with Crippen LogP contribution in [0.3, 0.4) is 0 Å². The average molecular weight is 215 g/mol. The molecule has 1 aromatic rings. The maximum atomic E-state index is 10.8. The number of hydrogen-bond acceptors (Lipinski definition) is 4. The molecule has 0 radical (unpaired) electrons. The van der Waals surface area contributed by atoms with E-state index in [-0.39, 0.29) is 0 Å². The van der Waals surface area contributed by atoms with Crippen molar-refractivity contribution in [1.82, 2.24) is 0 Å². The summed E-state index contributed by atoms with van der Waals surface area (Å²) >= 11 is 1.18. The zero-order valence-electron chi connectivity index (χ0n) is 7.08. The van der Waals surface area contributed by atoms with Gasteiger partial charge in [-0.15, -0.1) is 11.3 Å². The minimum absolute atomic E-state index is 0.451. The third-order valence-corrected chi connectivity index (χ3v) is 2.72. The number of hydrogen-bond donors (Lipinski definition) is 3. The maximum absolute atomic E-state index is 10.8. The Morgan fingerprint density at radius 3 is 2.36 bits per heavy atom. The lowest BCUT2D eigenvalue weighted by Crippen LogP contribution is -2.39. The number of carboxylic acid groups (broad SMARTS) is 2. The summed E-state index contributed by atoms with van der Waals surface area (Å²) in [6, 6.07) is 1.81. The van der Waals surface area contributed by atoms with Crippen LogP contribution in [0, 0.1) is 0 Å². The fourth-order valence-electron chi connectivity index (χ4n) is 1.06. The van der Waals surface area contributed by atoms with Gasteiger partial charge in [-0.1, -0.05) is 6.07 Å². The molecule has 76 valence electrons. The second kappa shape index (κ2) is 4.21. The molecule has 0 aliphatic rings. The van der Waals surface area contributed by atoms with E-state index in [0.717, 1.165) is 0 Å². The molecule has 0 aromatic carbocycles. The Morgan fingerprint density at radius 2 is 2.00 bits per heavy atom. The third kappa shape index (κ3) is 2.09. The van der Waals surface area contributed by atoms with Crippen LogP contribution in [0.4, 0.5) is 0 Å². The number of nitrogens with two attached hydrogens (primary N) is 1. The monoisotopic (exact) mass is 215 g/mol. The number of rotatable bonds is 4. The molecule has 14 heavy (non-hydrogen) atoms. The molecule has 0 amide bonds. The van der Waals surface area contributed by atoms with E-state index in [2.05, 4.69) is 0 Å². The summed E-state index contributed by atoms with van der Waals surface area (Å²) in [7, 11) is 0. The molecule has 6 heteroatoms. The number of thiophene rings is 1. The molecule has 0 spiro atoms. The summed E-state index contributed by atoms with van der Waals surface area (Å²) in [6.07, 6.45) is 0. The smallest absolute Gasteiger partial charge is 0.321 e. The second-order valence-corrected chi connectivity index (χ2v) is 3.67. The van der Waals surface area contributed by atoms with Crippen LogP contribution >= 0.6 is 11.3 Å². The highest BCUT2D eigenvalue weighted by Gasteiger charge is 2.32. The van der Waals surface area contributed by atoms with Gasteiger partial charge in [0.05, 0.1) is 0 Å². The Morgan fingerprint density at radius 1 is 1.36 bits per heavy atom. The molecule has 0 saturated heterocycles. The minimum atomic E-state index is -1.41. The van der Waals surface area contributed by atoms with Crippen molar-refractivity contribution >= 4 is 23.3 Å². The molecule has 0 fully saturated rings. The SMILES string of the molecule is N[C@H](C(=O)O)C(C(=O)O)c1cccs1. The normalized spacial score (nSPS) is 14.6. The first-order chi connectivity index (χ1) is 6.54. The molecule has 0 aliphatic heterocycles. The van der Waals surface area contributed by atoms with E-state index >= 15 is 0 Å². The van der Waals surface area contributed by atoms with Crippen LogP contribution in [0.1, 0.15) is 10.8 Å². The molecule has 1 aromatic heterocycles. The third-order valence-electron chi connectivity index (χ3n) is 1.76. The van der Waals surface area contributed by atoms with Crippen molar-refractivity contribution in [3.05, 3.63) is 22.4 Å². The summed E-state index contributed by atoms with van der Waals surface area (Å²) in [5.74, 6) is -3.71. The van der Waals surface area contributed by atoms with Gasteiger partial charge in [0.15, 0.2) is 0 Å². The van der Waals surface area contributed by atoms with Crippen LogP contribution < -0.4 is 5.73 Å². The molecule has 1 unspecified atom stereocenters. The first kappa shape index (κ1) is 10.7. The second-order valence-electron chi connectivity index (χ2n) is 2.70. The van der Waals surface area contributed by atoms with Crippen LogP contribution in [0.15, 0.2) is 17.5 Å². The highest BCUT2D eigenvalue weighted by molar-refractivity contribution is 7.10. The fourth-order valence-corrected chi connectivity index (χ4v) is 1.93. The van der Waals surface area contributed by atoms with E-state index in [1.54, 1.807) is 17.5 Å². The molecule has 4 N–H and O–H groups in total. The quantitative estimate of drug-likeness (QED) is 0.671. The lowest BCUT2D eigenvalue weighted by Gasteiger charge is -2.14. The fraction of sp³-hybridized carbons (Fsp3) is 0.250. The van der Waals surface area contributed by atoms with Gasteiger partial charge in [-0.2, -0.15) is 0 Å². The van der Waals surface area contributed by atoms with Gasteiger partial charge in [0.25, 0.3) is 0 Å². The number of carboxylic acids is 2. The standard InChI is InChI=1S/C8H9NO4S/c9-6(8(12)13)5(7(10)11)4-2-1-3-14-4/h1-3,5-6H,9H2,(H,10,11)(H,12,13)/t5?,6-/m0/s1. The molecular weight excluding hydrogens is 206 g/mol. The van der Waals surface area contributed by atoms with Crippen molar-refractivity contribution in [3.8, 4) is 0 Å². The van der Waals surface area contributed by atoms with Crippen LogP contribution in [0.5, 0.6) is 0 Å². The molecule has 5 nitrogen and oxygen atoms in total. The Balaban J connectivity index is 2.97. The highest BCUT2D eigenvalue weighted by Crippen LogP contribution is 2.24. The number of aliphatic carboxylic acids is 2. The first-order valence-corrected chi connectivity index (χ1v) is 4.66. The Hall–Kier alpha value is -1.40. The summed E-state index contributed by atoms with van der Waals surface area (Å²) in [5, 5.41) is 19.1. The van der Waals surface area contributed by atoms with Crippen molar-refractivity contribution in [2.75, 3.05) is 0 Å². The summed E-state index contributed by atoms with van der Waals surface area (Å²) < 4.78 is 0. The van der Waals surface area contributed by atoms with Gasteiger partial charge in [0, 0.05) is 4.88 Å². The molecule has 1 heterocycles. The maximum Gasteiger partial charge on any atom is 0.321 e. The number of carbonyl (C=O) groups is 2. The zero-order valence-corrected chi connectivity index (χ0v) is 7.90. The van der Waals surface area contributed by atoms with E-state index in [0.29, 0.717) is 4.88 Å². The van der Waals surface area contributed by atoms with Gasteiger partial charge < -0.3 is 15.9 Å². The van der Waals surface area contributed by atoms with Gasteiger partial charge in [-0.25, -0.2) is 0 Å². The lowest BCUT2D eigenvalue weighted by molar-refractivity contribution is -0.146. The summed E-state index contributed by atoms with van der Waals surface area (Å²) in [6.45, 7) is 0. The predicted molar refractivity (Wildman–Crippen MR) is 50.3 cm³/mol. The largest absolute Gasteiger partial charge is 0.481 e. The predicted octanol–water partition coefficient (Wildman–Crippen LogP) is 0.328. The first-order valence-electron chi connectivity index (χ1n) is 3.78. The zero-order chi connectivity index (χ0) is 10.7. The van der Waals surface area contributed by atoms with Crippen LogP contribution in [0.25, 0.3) is 0 Å². The molecule has 1 rings (SSSR count). The van der Waals surface area contributed by atoms with Gasteiger partial charge in [0.2, 0.25) is 0 Å². The molecule has 0 saturated carbocycles. The Bertz CT molecular complexity index is 335. The van der Waals surface area contributed by atoms with E-state index in [4.69, 9.17) is 15.9 Å². The highest BCUT2D eigenvalue weighted by atomic mass is 32.1. The van der Waals surface area contributed by atoms with E-state index in [1.807, 2.05) is 0 Å². The van der Waals surface area contributed by atoms with Crippen molar-refractivity contribution in [1.29, 1.82) is 0 Å². The van der Waals surface area contributed by atoms with E-state index in [1.165, 1.54) is 11.3 Å². The van der Waals surface area contributed by atoms with Crippen LogP contribution in [0.2, 0.25) is 0 Å². The molecule has 2 atom stereocenters. The van der Waals surface area contributed by atoms with Crippen molar-refractivity contribution < 1.29 is 19.8 Å². The van der Waals surface area contributed by atoms with Crippen molar-refractivity contribution in [2.24, 2.45) is 5.73 Å². The topological polar surface area (TPSA) is 101 Å². The van der Waals surface area contributed by atoms with Crippen molar-refractivity contribution in [2.45, 2.75) is 12.0 Å². The summed E-state index contributed by atoms with van der Waals surface area (Å²) in [5.41, 5.74) is 5.28. The molecule has 0 aliphatic carbocycles. The van der Waals surface area contributed by atoms with E-state index in [9.17, 15) is 9.59 Å². The Labute approximate surface area is 83.8 Å². The van der Waals surface area contributed by atoms with Crippen molar-refractivity contribution in [3.63, 3.8) is 0 Å². The van der Waals surface area contributed by atoms with Gasteiger partial charge >= 0.3 is 11.9 Å². The minimum Gasteiger partial charge on any atom is -0.481 e. The van der Waals surface area contributed by atoms with Gasteiger partial charge in [-0.05, 0) is 11.4 Å². The lowest BCUT2D eigenvalue weighted by atomic mass is 9.99. The van der Waals surface area contributed by atoms with E-state index < -0.39 is 23.9 Å². The van der Waals surface area contributed by atoms with Crippen LogP contribution in [-0.2, 0) is 9.59 Å². The molecule has 0 bridgehead atoms. The van der Waals surface area contributed by atoms with Crippen LogP contribution in [-0.4, -0.2) is 28.2 Å². The van der Waals surface area contributed by atoms with Gasteiger partial charge in [0.1, 0.15) is 12.0 Å². The molecular formula is C8H9NO4S. The average Bonchev–Trinajstić information content (AvgIpc) is 2.56.